The van der Waals surface area contributed by atoms with Crippen LogP contribution in [0, 0.1) is 5.92 Å². The second-order valence-corrected chi connectivity index (χ2v) is 7.10. The molecular formula is C15H20F8O3. The van der Waals surface area contributed by atoms with Crippen LogP contribution in [-0.4, -0.2) is 45.5 Å². The topological polar surface area (TPSA) is 49.7 Å². The van der Waals surface area contributed by atoms with Crippen LogP contribution in [0.4, 0.5) is 35.1 Å². The maximum absolute atomic E-state index is 14.4. The Kier molecular flexibility index (Phi) is 5.13. The van der Waals surface area contributed by atoms with Gasteiger partial charge in [-0.2, -0.15) is 35.1 Å². The molecule has 2 rings (SSSR count). The van der Waals surface area contributed by atoms with Gasteiger partial charge < -0.3 is 14.9 Å². The number of halogens is 8. The number of alkyl halides is 8. The van der Waals surface area contributed by atoms with E-state index in [-0.39, 0.29) is 25.7 Å². The fourth-order valence-corrected chi connectivity index (χ4v) is 3.99. The molecule has 0 aromatic heterocycles. The first-order chi connectivity index (χ1) is 11.6. The maximum atomic E-state index is 14.4. The van der Waals surface area contributed by atoms with Crippen molar-refractivity contribution in [2.45, 2.75) is 87.1 Å². The van der Waals surface area contributed by atoms with Gasteiger partial charge in [0.05, 0.1) is 0 Å². The third-order valence-corrected chi connectivity index (χ3v) is 5.61. The van der Waals surface area contributed by atoms with E-state index in [1.165, 1.54) is 0 Å². The first-order valence-corrected chi connectivity index (χ1v) is 8.24. The van der Waals surface area contributed by atoms with Crippen LogP contribution in [-0.2, 0) is 4.74 Å². The van der Waals surface area contributed by atoms with Gasteiger partial charge in [-0.1, -0.05) is 26.2 Å². The molecule has 0 aromatic rings. The molecule has 0 bridgehead atoms. The molecule has 1 saturated heterocycles. The van der Waals surface area contributed by atoms with Gasteiger partial charge in [0.15, 0.2) is 5.60 Å². The summed E-state index contributed by atoms with van der Waals surface area (Å²) in [6.45, 7) is 0.831. The minimum atomic E-state index is -6.26. The molecule has 1 saturated carbocycles. The van der Waals surface area contributed by atoms with Gasteiger partial charge in [0.2, 0.25) is 0 Å². The minimum Gasteiger partial charge on any atom is -0.383 e. The molecule has 3 nitrogen and oxygen atoms in total. The zero-order chi connectivity index (χ0) is 20.2. The quantitative estimate of drug-likeness (QED) is 0.679. The third-order valence-electron chi connectivity index (χ3n) is 5.61. The van der Waals surface area contributed by atoms with Crippen molar-refractivity contribution in [3.8, 4) is 0 Å². The van der Waals surface area contributed by atoms with Gasteiger partial charge in [-0.3, -0.25) is 0 Å². The highest BCUT2D eigenvalue weighted by Crippen LogP contribution is 2.63. The van der Waals surface area contributed by atoms with Crippen molar-refractivity contribution in [1.29, 1.82) is 0 Å². The standard InChI is InChI=1S/C15H20F8O3/c1-2-10(24)8-11(14(18,19)20,9-6-4-3-5-7-9)26-13(25,12(10,16)17)15(21,22)23/h9,24-25H,2-8H2,1H3. The molecule has 3 unspecified atom stereocenters. The Bertz CT molecular complexity index is 528. The van der Waals surface area contributed by atoms with Crippen molar-refractivity contribution >= 4 is 0 Å². The molecule has 1 aliphatic carbocycles. The van der Waals surface area contributed by atoms with E-state index >= 15 is 0 Å². The van der Waals surface area contributed by atoms with Gasteiger partial charge >= 0.3 is 24.1 Å². The summed E-state index contributed by atoms with van der Waals surface area (Å²) in [7, 11) is 0. The van der Waals surface area contributed by atoms with Gasteiger partial charge in [-0.05, 0) is 25.2 Å². The Hall–Kier alpha value is -0.680. The smallest absolute Gasteiger partial charge is 0.383 e. The van der Waals surface area contributed by atoms with Gasteiger partial charge in [0.25, 0.3) is 0 Å². The molecule has 2 aliphatic rings. The molecule has 0 amide bonds. The van der Waals surface area contributed by atoms with Crippen molar-refractivity contribution in [1.82, 2.24) is 0 Å². The molecule has 2 fully saturated rings. The van der Waals surface area contributed by atoms with E-state index in [9.17, 15) is 45.3 Å². The Labute approximate surface area is 144 Å². The number of aliphatic hydroxyl groups is 2. The Morgan fingerprint density at radius 1 is 0.923 bits per heavy atom. The third kappa shape index (κ3) is 2.81. The predicted octanol–water partition coefficient (Wildman–Crippen LogP) is 4.32. The Morgan fingerprint density at radius 2 is 1.42 bits per heavy atom. The second-order valence-electron chi connectivity index (χ2n) is 7.10. The average Bonchev–Trinajstić information content (AvgIpc) is 2.51. The van der Waals surface area contributed by atoms with E-state index in [2.05, 4.69) is 4.74 Å². The Morgan fingerprint density at radius 3 is 1.81 bits per heavy atom. The van der Waals surface area contributed by atoms with Crippen LogP contribution in [0.3, 0.4) is 0 Å². The van der Waals surface area contributed by atoms with Crippen molar-refractivity contribution in [2.24, 2.45) is 5.92 Å². The van der Waals surface area contributed by atoms with Crippen LogP contribution >= 0.6 is 0 Å². The molecule has 1 heterocycles. The molecule has 0 aromatic carbocycles. The fraction of sp³-hybridized carbons (Fsp3) is 1.00. The average molecular weight is 400 g/mol. The van der Waals surface area contributed by atoms with Crippen LogP contribution < -0.4 is 0 Å². The Balaban J connectivity index is 2.70. The summed E-state index contributed by atoms with van der Waals surface area (Å²) in [5, 5.41) is 19.8. The minimum absolute atomic E-state index is 0.210. The molecule has 1 aliphatic heterocycles. The number of hydrogen-bond acceptors (Lipinski definition) is 3. The van der Waals surface area contributed by atoms with Crippen LogP contribution in [0.15, 0.2) is 0 Å². The van der Waals surface area contributed by atoms with E-state index in [4.69, 9.17) is 0 Å². The van der Waals surface area contributed by atoms with Crippen molar-refractivity contribution in [2.75, 3.05) is 0 Å². The van der Waals surface area contributed by atoms with Gasteiger partial charge in [0, 0.05) is 6.42 Å². The molecule has 26 heavy (non-hydrogen) atoms. The zero-order valence-corrected chi connectivity index (χ0v) is 13.9. The number of rotatable bonds is 2. The van der Waals surface area contributed by atoms with Gasteiger partial charge in [-0.25, -0.2) is 0 Å². The molecule has 0 radical (unpaired) electrons. The first kappa shape index (κ1) is 21.6. The zero-order valence-electron chi connectivity index (χ0n) is 13.9. The summed E-state index contributed by atoms with van der Waals surface area (Å²) < 4.78 is 114. The summed E-state index contributed by atoms with van der Waals surface area (Å²) in [5.41, 5.74) is -7.48. The number of ether oxygens (including phenoxy) is 1. The van der Waals surface area contributed by atoms with Gasteiger partial charge in [-0.15, -0.1) is 0 Å². The van der Waals surface area contributed by atoms with E-state index in [1.807, 2.05) is 0 Å². The lowest BCUT2D eigenvalue weighted by Crippen LogP contribution is -2.80. The largest absolute Gasteiger partial charge is 0.449 e. The maximum Gasteiger partial charge on any atom is 0.449 e. The monoisotopic (exact) mass is 400 g/mol. The van der Waals surface area contributed by atoms with Crippen LogP contribution in [0.5, 0.6) is 0 Å². The summed E-state index contributed by atoms with van der Waals surface area (Å²) in [4.78, 5) is 0. The van der Waals surface area contributed by atoms with Crippen LogP contribution in [0.1, 0.15) is 51.9 Å². The normalized spacial score (nSPS) is 39.8. The highest BCUT2D eigenvalue weighted by molar-refractivity contribution is 5.16. The fourth-order valence-electron chi connectivity index (χ4n) is 3.99. The summed E-state index contributed by atoms with van der Waals surface area (Å²) in [5.74, 6) is -12.4. The lowest BCUT2D eigenvalue weighted by Gasteiger charge is -2.58. The predicted molar refractivity (Wildman–Crippen MR) is 72.3 cm³/mol. The molecule has 11 heteroatoms. The van der Waals surface area contributed by atoms with E-state index in [1.54, 1.807) is 0 Å². The molecular weight excluding hydrogens is 380 g/mol. The molecule has 0 spiro atoms. The van der Waals surface area contributed by atoms with Crippen LogP contribution in [0.2, 0.25) is 0 Å². The van der Waals surface area contributed by atoms with E-state index < -0.39 is 54.0 Å². The lowest BCUT2D eigenvalue weighted by atomic mass is 9.66. The highest BCUT2D eigenvalue weighted by Gasteiger charge is 2.85. The van der Waals surface area contributed by atoms with Crippen molar-refractivity contribution in [3.05, 3.63) is 0 Å². The summed E-state index contributed by atoms with van der Waals surface area (Å²) >= 11 is 0. The van der Waals surface area contributed by atoms with Crippen molar-refractivity contribution < 1.29 is 50.1 Å². The summed E-state index contributed by atoms with van der Waals surface area (Å²) in [6.07, 6.45) is -14.1. The van der Waals surface area contributed by atoms with Gasteiger partial charge in [0.1, 0.15) is 5.60 Å². The first-order valence-electron chi connectivity index (χ1n) is 8.24. The molecule has 2 N–H and O–H groups in total. The molecule has 154 valence electrons. The van der Waals surface area contributed by atoms with E-state index in [0.717, 1.165) is 6.92 Å². The van der Waals surface area contributed by atoms with Crippen molar-refractivity contribution in [3.63, 3.8) is 0 Å². The van der Waals surface area contributed by atoms with E-state index in [0.29, 0.717) is 6.42 Å². The lowest BCUT2D eigenvalue weighted by molar-refractivity contribution is -0.525. The van der Waals surface area contributed by atoms with Crippen LogP contribution in [0.25, 0.3) is 0 Å². The highest BCUT2D eigenvalue weighted by atomic mass is 19.4. The summed E-state index contributed by atoms with van der Waals surface area (Å²) in [6, 6.07) is 0. The SMILES string of the molecule is CCC1(O)CC(C2CCCCC2)(C(F)(F)F)OC(O)(C(F)(F)F)C1(F)F. The second kappa shape index (κ2) is 6.16. The molecule has 3 atom stereocenters. The number of hydrogen-bond donors (Lipinski definition) is 2.